The van der Waals surface area contributed by atoms with Crippen LogP contribution >= 0.6 is 11.6 Å². The SMILES string of the molecule is COC(=O)/C(=C/c1cccc(OC)c1Cl)N[NH+]=[N-]. The number of ether oxygens (including phenoxy) is 2. The van der Waals surface area contributed by atoms with Crippen LogP contribution in [0.4, 0.5) is 0 Å². The molecule has 0 bridgehead atoms. The van der Waals surface area contributed by atoms with E-state index in [1.807, 2.05) is 0 Å². The summed E-state index contributed by atoms with van der Waals surface area (Å²) in [5.41, 5.74) is 11.3. The van der Waals surface area contributed by atoms with Crippen LogP contribution in [0.15, 0.2) is 23.9 Å². The van der Waals surface area contributed by atoms with Crippen LogP contribution in [0.3, 0.4) is 0 Å². The average molecular weight is 270 g/mol. The third-order valence-electron chi connectivity index (χ3n) is 2.11. The molecule has 0 saturated carbocycles. The molecule has 0 unspecified atom stereocenters. The quantitative estimate of drug-likeness (QED) is 0.352. The molecule has 0 amide bonds. The van der Waals surface area contributed by atoms with E-state index in [4.69, 9.17) is 21.9 Å². The van der Waals surface area contributed by atoms with Gasteiger partial charge in [-0.2, -0.15) is 10.8 Å². The van der Waals surface area contributed by atoms with Crippen molar-refractivity contribution in [1.29, 1.82) is 0 Å². The van der Waals surface area contributed by atoms with Gasteiger partial charge >= 0.3 is 5.97 Å². The van der Waals surface area contributed by atoms with Crippen molar-refractivity contribution in [2.45, 2.75) is 0 Å². The number of hydrogen-bond donors (Lipinski definition) is 2. The Morgan fingerprint density at radius 1 is 1.50 bits per heavy atom. The van der Waals surface area contributed by atoms with Crippen molar-refractivity contribution in [1.82, 2.24) is 5.43 Å². The standard InChI is InChI=1S/C11H12ClN3O3/c1-17-9-5-3-4-7(10(9)12)6-8(14-15-13)11(16)18-2/h3-6,15H,1-2H3,(H-,13,14)/b8-6-. The van der Waals surface area contributed by atoms with E-state index in [9.17, 15) is 4.79 Å². The molecule has 0 spiro atoms. The second-order valence-corrected chi connectivity index (χ2v) is 3.53. The number of hydrogen-bond acceptors (Lipinski definition) is 3. The lowest BCUT2D eigenvalue weighted by Crippen LogP contribution is -2.75. The third kappa shape index (κ3) is 3.21. The lowest BCUT2D eigenvalue weighted by atomic mass is 10.2. The van der Waals surface area contributed by atoms with E-state index in [1.165, 1.54) is 20.3 Å². The van der Waals surface area contributed by atoms with Gasteiger partial charge in [0.15, 0.2) is 0 Å². The van der Waals surface area contributed by atoms with E-state index >= 15 is 0 Å². The van der Waals surface area contributed by atoms with E-state index < -0.39 is 5.97 Å². The van der Waals surface area contributed by atoms with Gasteiger partial charge in [0.2, 0.25) is 0 Å². The number of methoxy groups -OCH3 is 2. The first-order valence-corrected chi connectivity index (χ1v) is 5.29. The highest BCUT2D eigenvalue weighted by molar-refractivity contribution is 6.33. The maximum atomic E-state index is 11.4. The minimum atomic E-state index is -0.657. The minimum absolute atomic E-state index is 0.00449. The topological polar surface area (TPSA) is 83.8 Å². The van der Waals surface area contributed by atoms with Crippen LogP contribution in [-0.2, 0) is 9.53 Å². The average Bonchev–Trinajstić information content (AvgIpc) is 2.39. The Morgan fingerprint density at radius 2 is 2.22 bits per heavy atom. The van der Waals surface area contributed by atoms with Crippen molar-refractivity contribution in [3.8, 4) is 5.75 Å². The van der Waals surface area contributed by atoms with Crippen LogP contribution in [0.5, 0.6) is 5.75 Å². The molecule has 1 rings (SSSR count). The molecular weight excluding hydrogens is 258 g/mol. The van der Waals surface area contributed by atoms with Crippen molar-refractivity contribution >= 4 is 23.6 Å². The molecule has 2 N–H and O–H groups in total. The Labute approximate surface area is 109 Å². The molecule has 1 aromatic carbocycles. The fourth-order valence-corrected chi connectivity index (χ4v) is 1.53. The van der Waals surface area contributed by atoms with Crippen molar-refractivity contribution in [3.63, 3.8) is 0 Å². The van der Waals surface area contributed by atoms with Gasteiger partial charge in [0.1, 0.15) is 5.75 Å². The van der Waals surface area contributed by atoms with Gasteiger partial charge in [-0.25, -0.2) is 4.79 Å². The zero-order valence-electron chi connectivity index (χ0n) is 9.86. The minimum Gasteiger partial charge on any atom is -0.495 e. The predicted molar refractivity (Wildman–Crippen MR) is 65.5 cm³/mol. The summed E-state index contributed by atoms with van der Waals surface area (Å²) < 4.78 is 9.59. The highest BCUT2D eigenvalue weighted by Gasteiger charge is 2.10. The zero-order valence-corrected chi connectivity index (χ0v) is 10.6. The van der Waals surface area contributed by atoms with Crippen LogP contribution in [0.2, 0.25) is 5.02 Å². The van der Waals surface area contributed by atoms with E-state index in [0.717, 1.165) is 0 Å². The Balaban J connectivity index is 3.19. The lowest BCUT2D eigenvalue weighted by molar-refractivity contribution is -0.538. The van der Waals surface area contributed by atoms with Crippen LogP contribution in [-0.4, -0.2) is 20.2 Å². The van der Waals surface area contributed by atoms with Crippen molar-refractivity contribution in [2.24, 2.45) is 0 Å². The van der Waals surface area contributed by atoms with Crippen LogP contribution in [0, 0.1) is 0 Å². The highest BCUT2D eigenvalue weighted by Crippen LogP contribution is 2.29. The number of rotatable bonds is 5. The zero-order chi connectivity index (χ0) is 13.5. The van der Waals surface area contributed by atoms with Gasteiger partial charge in [-0.1, -0.05) is 23.7 Å². The first-order chi connectivity index (χ1) is 8.63. The van der Waals surface area contributed by atoms with Gasteiger partial charge in [-0.3, -0.25) is 5.43 Å². The summed E-state index contributed by atoms with van der Waals surface area (Å²) in [6.45, 7) is 0. The molecule has 0 fully saturated rings. The Bertz CT molecular complexity index is 488. The number of halogens is 1. The van der Waals surface area contributed by atoms with Gasteiger partial charge in [0.25, 0.3) is 0 Å². The fourth-order valence-electron chi connectivity index (χ4n) is 1.27. The van der Waals surface area contributed by atoms with Gasteiger partial charge in [0.05, 0.1) is 24.9 Å². The summed E-state index contributed by atoms with van der Waals surface area (Å²) in [5.74, 6) is -0.179. The molecule has 6 nitrogen and oxygen atoms in total. The number of nitrogens with one attached hydrogen (secondary N) is 2. The van der Waals surface area contributed by atoms with Crippen LogP contribution in [0.1, 0.15) is 5.56 Å². The molecular formula is C11H12ClN3O3. The monoisotopic (exact) mass is 269 g/mol. The van der Waals surface area contributed by atoms with Crippen LogP contribution < -0.4 is 15.4 Å². The largest absolute Gasteiger partial charge is 0.495 e. The van der Waals surface area contributed by atoms with Gasteiger partial charge in [0, 0.05) is 0 Å². The van der Waals surface area contributed by atoms with Crippen LogP contribution in [0.25, 0.3) is 11.6 Å². The van der Waals surface area contributed by atoms with Gasteiger partial charge < -0.3 is 9.47 Å². The van der Waals surface area contributed by atoms with E-state index in [0.29, 0.717) is 16.3 Å². The fraction of sp³-hybridized carbons (Fsp3) is 0.182. The van der Waals surface area contributed by atoms with E-state index in [2.05, 4.69) is 10.2 Å². The molecule has 0 aromatic heterocycles. The first kappa shape index (κ1) is 14.0. The molecule has 18 heavy (non-hydrogen) atoms. The van der Waals surface area contributed by atoms with E-state index in [-0.39, 0.29) is 5.70 Å². The second-order valence-electron chi connectivity index (χ2n) is 3.15. The molecule has 0 heterocycles. The summed E-state index contributed by atoms with van der Waals surface area (Å²) in [6, 6.07) is 5.10. The molecule has 1 aromatic rings. The molecule has 0 aliphatic carbocycles. The lowest BCUT2D eigenvalue weighted by Gasteiger charge is -2.08. The number of esters is 1. The normalized spacial score (nSPS) is 10.7. The maximum absolute atomic E-state index is 11.4. The molecule has 0 saturated heterocycles. The summed E-state index contributed by atoms with van der Waals surface area (Å²) in [5, 5.41) is 2.01. The molecule has 96 valence electrons. The smallest absolute Gasteiger partial charge is 0.338 e. The number of carbonyl (C=O) groups is 1. The molecule has 0 aliphatic heterocycles. The van der Waals surface area contributed by atoms with E-state index in [1.54, 1.807) is 23.4 Å². The summed E-state index contributed by atoms with van der Waals surface area (Å²) in [6.07, 6.45) is 1.42. The molecule has 7 heteroatoms. The number of carbonyl (C=O) groups excluding carboxylic acids is 1. The molecule has 0 atom stereocenters. The number of hydrazine groups is 1. The summed E-state index contributed by atoms with van der Waals surface area (Å²) in [4.78, 5) is 11.4. The van der Waals surface area contributed by atoms with Crippen molar-refractivity contribution < 1.29 is 19.5 Å². The van der Waals surface area contributed by atoms with Gasteiger partial charge in [-0.15, -0.1) is 0 Å². The Kier molecular flexibility index (Phi) is 5.13. The van der Waals surface area contributed by atoms with Crippen molar-refractivity contribution in [2.75, 3.05) is 14.2 Å². The number of nitrogens with zero attached hydrogens (tertiary/aromatic N) is 1. The molecule has 0 radical (unpaired) electrons. The summed E-state index contributed by atoms with van der Waals surface area (Å²) in [7, 11) is 2.71. The highest BCUT2D eigenvalue weighted by atomic mass is 35.5. The summed E-state index contributed by atoms with van der Waals surface area (Å²) >= 11 is 6.07. The Hall–Kier alpha value is -2.08. The van der Waals surface area contributed by atoms with Gasteiger partial charge in [-0.05, 0) is 17.7 Å². The third-order valence-corrected chi connectivity index (χ3v) is 2.51. The first-order valence-electron chi connectivity index (χ1n) is 4.91. The Morgan fingerprint density at radius 3 is 2.78 bits per heavy atom. The van der Waals surface area contributed by atoms with Crippen molar-refractivity contribution in [3.05, 3.63) is 40.0 Å². The maximum Gasteiger partial charge on any atom is 0.338 e. The predicted octanol–water partition coefficient (Wildman–Crippen LogP) is 0.469. The number of benzene rings is 1. The second kappa shape index (κ2) is 6.61. The molecule has 0 aliphatic rings.